The fraction of sp³-hybridized carbons (Fsp3) is 0.0909. The molecule has 8 heteroatoms. The van der Waals surface area contributed by atoms with Gasteiger partial charge < -0.3 is 0 Å². The van der Waals surface area contributed by atoms with Crippen LogP contribution in [-0.4, -0.2) is 18.4 Å². The maximum atomic E-state index is 12.0. The van der Waals surface area contributed by atoms with Crippen molar-refractivity contribution in [3.63, 3.8) is 0 Å². The Morgan fingerprint density at radius 2 is 1.89 bits per heavy atom. The molecule has 19 heavy (non-hydrogen) atoms. The van der Waals surface area contributed by atoms with Gasteiger partial charge in [-0.15, -0.1) is 0 Å². The Morgan fingerprint density at radius 3 is 2.53 bits per heavy atom. The van der Waals surface area contributed by atoms with Crippen molar-refractivity contribution in [2.75, 3.05) is 0 Å². The van der Waals surface area contributed by atoms with Gasteiger partial charge in [0, 0.05) is 25.1 Å². The molecule has 0 aromatic carbocycles. The summed E-state index contributed by atoms with van der Waals surface area (Å²) in [6.45, 7) is 0.158. The summed E-state index contributed by atoms with van der Waals surface area (Å²) in [4.78, 5) is 7.52. The van der Waals surface area contributed by atoms with Gasteiger partial charge in [0.1, 0.15) is 10.0 Å². The lowest BCUT2D eigenvalue weighted by Crippen LogP contribution is -2.23. The number of sulfonamides is 1. The first-order valence-corrected chi connectivity index (χ1v) is 7.42. The van der Waals surface area contributed by atoms with Crippen molar-refractivity contribution in [3.05, 3.63) is 52.5 Å². The second kappa shape index (κ2) is 5.83. The van der Waals surface area contributed by atoms with Crippen LogP contribution in [0.4, 0.5) is 0 Å². The topological polar surface area (TPSA) is 72.0 Å². The molecule has 0 bridgehead atoms. The molecular formula is C11H9Cl2N3O2S. The van der Waals surface area contributed by atoms with E-state index in [1.54, 1.807) is 24.5 Å². The van der Waals surface area contributed by atoms with E-state index in [0.717, 1.165) is 11.8 Å². The van der Waals surface area contributed by atoms with E-state index in [9.17, 15) is 8.42 Å². The van der Waals surface area contributed by atoms with Crippen molar-refractivity contribution in [3.8, 4) is 0 Å². The highest BCUT2D eigenvalue weighted by molar-refractivity contribution is 7.89. The summed E-state index contributed by atoms with van der Waals surface area (Å²) in [6.07, 6.45) is 4.33. The molecule has 2 heterocycles. The minimum Gasteiger partial charge on any atom is -0.265 e. The van der Waals surface area contributed by atoms with E-state index in [1.807, 2.05) is 0 Å². The van der Waals surface area contributed by atoms with Crippen LogP contribution in [0.1, 0.15) is 5.56 Å². The Kier molecular flexibility index (Phi) is 4.36. The molecule has 2 rings (SSSR count). The Bertz CT molecular complexity index is 678. The SMILES string of the molecule is O=S(=O)(NCc1ccncc1)c1cnc(Cl)c(Cl)c1. The third-order valence-electron chi connectivity index (χ3n) is 2.30. The van der Waals surface area contributed by atoms with Crippen LogP contribution in [0.25, 0.3) is 0 Å². The smallest absolute Gasteiger partial charge is 0.242 e. The van der Waals surface area contributed by atoms with E-state index in [-0.39, 0.29) is 21.6 Å². The lowest BCUT2D eigenvalue weighted by atomic mass is 10.3. The minimum atomic E-state index is -3.67. The number of aromatic nitrogens is 2. The van der Waals surface area contributed by atoms with Crippen LogP contribution < -0.4 is 4.72 Å². The maximum Gasteiger partial charge on any atom is 0.242 e. The molecule has 0 aliphatic carbocycles. The largest absolute Gasteiger partial charge is 0.265 e. The molecule has 0 amide bonds. The fourth-order valence-electron chi connectivity index (χ4n) is 1.31. The molecule has 0 unspecified atom stereocenters. The molecule has 1 N–H and O–H groups in total. The van der Waals surface area contributed by atoms with Crippen LogP contribution in [0.5, 0.6) is 0 Å². The molecular weight excluding hydrogens is 309 g/mol. The minimum absolute atomic E-state index is 0.0315. The summed E-state index contributed by atoms with van der Waals surface area (Å²) in [5, 5.41) is 0.156. The maximum absolute atomic E-state index is 12.0. The first kappa shape index (κ1) is 14.2. The van der Waals surface area contributed by atoms with E-state index in [1.165, 1.54) is 6.07 Å². The van der Waals surface area contributed by atoms with E-state index in [0.29, 0.717) is 0 Å². The molecule has 2 aromatic rings. The highest BCUT2D eigenvalue weighted by Crippen LogP contribution is 2.22. The molecule has 100 valence electrons. The van der Waals surface area contributed by atoms with Gasteiger partial charge in [-0.25, -0.2) is 18.1 Å². The number of nitrogens with zero attached hydrogens (tertiary/aromatic N) is 2. The van der Waals surface area contributed by atoms with Gasteiger partial charge in [0.15, 0.2) is 0 Å². The molecule has 0 radical (unpaired) electrons. The molecule has 0 saturated heterocycles. The summed E-state index contributed by atoms with van der Waals surface area (Å²) in [5.41, 5.74) is 0.798. The summed E-state index contributed by atoms with van der Waals surface area (Å²) in [6, 6.07) is 4.69. The van der Waals surface area contributed by atoms with Crippen LogP contribution in [0.15, 0.2) is 41.7 Å². The van der Waals surface area contributed by atoms with Crippen molar-refractivity contribution < 1.29 is 8.42 Å². The van der Waals surface area contributed by atoms with Crippen LogP contribution in [0.2, 0.25) is 10.2 Å². The third-order valence-corrected chi connectivity index (χ3v) is 4.35. The van der Waals surface area contributed by atoms with Gasteiger partial charge in [0.25, 0.3) is 0 Å². The van der Waals surface area contributed by atoms with Crippen molar-refractivity contribution >= 4 is 33.2 Å². The summed E-state index contributed by atoms with van der Waals surface area (Å²) in [7, 11) is -3.67. The fourth-order valence-corrected chi connectivity index (χ4v) is 2.64. The van der Waals surface area contributed by atoms with Gasteiger partial charge in [-0.1, -0.05) is 23.2 Å². The van der Waals surface area contributed by atoms with Crippen LogP contribution in [0.3, 0.4) is 0 Å². The highest BCUT2D eigenvalue weighted by atomic mass is 35.5. The predicted octanol–water partition coefficient (Wildman–Crippen LogP) is 2.26. The van der Waals surface area contributed by atoms with Crippen molar-refractivity contribution in [1.29, 1.82) is 0 Å². The number of halogens is 2. The Labute approximate surface area is 120 Å². The van der Waals surface area contributed by atoms with Gasteiger partial charge in [0.2, 0.25) is 10.0 Å². The molecule has 2 aromatic heterocycles. The van der Waals surface area contributed by atoms with E-state index in [2.05, 4.69) is 14.7 Å². The van der Waals surface area contributed by atoms with Gasteiger partial charge in [-0.3, -0.25) is 4.98 Å². The first-order chi connectivity index (χ1) is 8.99. The molecule has 0 aliphatic heterocycles. The van der Waals surface area contributed by atoms with E-state index < -0.39 is 10.0 Å². The molecule has 0 fully saturated rings. The van der Waals surface area contributed by atoms with E-state index in [4.69, 9.17) is 23.2 Å². The van der Waals surface area contributed by atoms with Crippen LogP contribution >= 0.6 is 23.2 Å². The average molecular weight is 318 g/mol. The lowest BCUT2D eigenvalue weighted by molar-refractivity contribution is 0.581. The van der Waals surface area contributed by atoms with E-state index >= 15 is 0 Å². The molecule has 0 aliphatic rings. The zero-order valence-electron chi connectivity index (χ0n) is 9.55. The number of rotatable bonds is 4. The number of pyridine rings is 2. The molecule has 0 saturated carbocycles. The lowest BCUT2D eigenvalue weighted by Gasteiger charge is -2.07. The van der Waals surface area contributed by atoms with Crippen molar-refractivity contribution in [2.45, 2.75) is 11.4 Å². The standard InChI is InChI=1S/C11H9Cl2N3O2S/c12-10-5-9(7-15-11(10)13)19(17,18)16-6-8-1-3-14-4-2-8/h1-5,7,16H,6H2. The first-order valence-electron chi connectivity index (χ1n) is 5.18. The second-order valence-corrected chi connectivity index (χ2v) is 6.16. The molecule has 0 spiro atoms. The number of hydrogen-bond acceptors (Lipinski definition) is 4. The van der Waals surface area contributed by atoms with Gasteiger partial charge in [0.05, 0.1) is 5.02 Å². The zero-order chi connectivity index (χ0) is 13.9. The van der Waals surface area contributed by atoms with Gasteiger partial charge in [-0.2, -0.15) is 0 Å². The second-order valence-electron chi connectivity index (χ2n) is 3.62. The van der Waals surface area contributed by atoms with Crippen LogP contribution in [0, 0.1) is 0 Å². The highest BCUT2D eigenvalue weighted by Gasteiger charge is 2.15. The predicted molar refractivity (Wildman–Crippen MR) is 72.5 cm³/mol. The average Bonchev–Trinajstić information content (AvgIpc) is 2.41. The molecule has 5 nitrogen and oxygen atoms in total. The van der Waals surface area contributed by atoms with Crippen molar-refractivity contribution in [2.24, 2.45) is 0 Å². The van der Waals surface area contributed by atoms with Gasteiger partial charge >= 0.3 is 0 Å². The summed E-state index contributed by atoms with van der Waals surface area (Å²) >= 11 is 11.4. The third kappa shape index (κ3) is 3.63. The van der Waals surface area contributed by atoms with Gasteiger partial charge in [-0.05, 0) is 23.8 Å². The zero-order valence-corrected chi connectivity index (χ0v) is 11.9. The molecule has 0 atom stereocenters. The number of hydrogen-bond donors (Lipinski definition) is 1. The monoisotopic (exact) mass is 317 g/mol. The Balaban J connectivity index is 2.16. The number of nitrogens with one attached hydrogen (secondary N) is 1. The Hall–Kier alpha value is -1.21. The van der Waals surface area contributed by atoms with Crippen LogP contribution in [-0.2, 0) is 16.6 Å². The van der Waals surface area contributed by atoms with Crippen molar-refractivity contribution in [1.82, 2.24) is 14.7 Å². The summed E-state index contributed by atoms with van der Waals surface area (Å²) in [5.74, 6) is 0. The summed E-state index contributed by atoms with van der Waals surface area (Å²) < 4.78 is 26.4. The normalized spacial score (nSPS) is 11.5. The quantitative estimate of drug-likeness (QED) is 0.878. The Morgan fingerprint density at radius 1 is 1.21 bits per heavy atom.